The highest BCUT2D eigenvalue weighted by Gasteiger charge is 2.17. The number of hydrogen-bond acceptors (Lipinski definition) is 3. The van der Waals surface area contributed by atoms with Crippen LogP contribution in [-0.2, 0) is 0 Å². The molecule has 0 saturated heterocycles. The molecule has 0 spiro atoms. The number of nitrogens with zero attached hydrogens (tertiary/aromatic N) is 1. The molecule has 4 nitrogen and oxygen atoms in total. The van der Waals surface area contributed by atoms with Gasteiger partial charge in [-0.15, -0.1) is 0 Å². The van der Waals surface area contributed by atoms with E-state index in [9.17, 15) is 0 Å². The Kier molecular flexibility index (Phi) is 7.20. The molecule has 1 N–H and O–H groups in total. The van der Waals surface area contributed by atoms with Crippen molar-refractivity contribution in [2.75, 3.05) is 5.32 Å². The standard InChI is InChI=1S/C54H34N2O2/c1-3-14-39(15-4-1)55-48-20-9-7-18-41(48)38-13-11-12-34(28-38)36-23-26-51-44(30-36)46-32-47-45-31-37(24-27-52(45)58-54(47)33-53(46)57-51)35-22-25-50-43(29-35)42-19-8-10-21-49(42)56(50)40-16-5-2-6-17-40/h1-33,55H. The van der Waals surface area contributed by atoms with Gasteiger partial charge >= 0.3 is 0 Å². The van der Waals surface area contributed by atoms with Crippen molar-refractivity contribution in [1.82, 2.24) is 4.57 Å². The molecule has 12 aromatic rings. The lowest BCUT2D eigenvalue weighted by Gasteiger charge is -2.13. The zero-order valence-electron chi connectivity index (χ0n) is 31.3. The Bertz CT molecular complexity index is 3540. The number of benzene rings is 9. The Balaban J connectivity index is 0.944. The summed E-state index contributed by atoms with van der Waals surface area (Å²) in [4.78, 5) is 0. The molecule has 3 aromatic heterocycles. The van der Waals surface area contributed by atoms with Crippen molar-refractivity contribution in [2.24, 2.45) is 0 Å². The van der Waals surface area contributed by atoms with Gasteiger partial charge in [-0.3, -0.25) is 0 Å². The molecule has 0 unspecified atom stereocenters. The van der Waals surface area contributed by atoms with Crippen molar-refractivity contribution >= 4 is 77.1 Å². The molecule has 272 valence electrons. The van der Waals surface area contributed by atoms with Crippen LogP contribution in [0, 0.1) is 0 Å². The van der Waals surface area contributed by atoms with Gasteiger partial charge in [0.25, 0.3) is 0 Å². The largest absolute Gasteiger partial charge is 0.456 e. The van der Waals surface area contributed by atoms with Gasteiger partial charge in [0.15, 0.2) is 0 Å². The van der Waals surface area contributed by atoms with Gasteiger partial charge in [0.05, 0.1) is 11.0 Å². The van der Waals surface area contributed by atoms with Crippen LogP contribution in [0.4, 0.5) is 11.4 Å². The summed E-state index contributed by atoms with van der Waals surface area (Å²) in [7, 11) is 0. The van der Waals surface area contributed by atoms with Crippen LogP contribution in [0.1, 0.15) is 0 Å². The van der Waals surface area contributed by atoms with E-state index in [1.165, 1.54) is 27.4 Å². The summed E-state index contributed by atoms with van der Waals surface area (Å²) < 4.78 is 15.3. The average Bonchev–Trinajstić information content (AvgIpc) is 3.94. The highest BCUT2D eigenvalue weighted by atomic mass is 16.3. The lowest BCUT2D eigenvalue weighted by Crippen LogP contribution is -1.93. The van der Waals surface area contributed by atoms with Gasteiger partial charge in [0.2, 0.25) is 0 Å². The first-order valence-electron chi connectivity index (χ1n) is 19.7. The number of fused-ring (bicyclic) bond motifs is 9. The second-order valence-corrected chi connectivity index (χ2v) is 15.0. The third-order valence-corrected chi connectivity index (χ3v) is 11.6. The number of rotatable bonds is 6. The van der Waals surface area contributed by atoms with E-state index in [1.54, 1.807) is 0 Å². The fourth-order valence-electron chi connectivity index (χ4n) is 8.80. The van der Waals surface area contributed by atoms with E-state index in [1.807, 2.05) is 24.3 Å². The summed E-state index contributed by atoms with van der Waals surface area (Å²) in [6.07, 6.45) is 0. The molecule has 0 fully saturated rings. The van der Waals surface area contributed by atoms with Gasteiger partial charge in [-0.25, -0.2) is 0 Å². The first kappa shape index (κ1) is 32.4. The molecular formula is C54H34N2O2. The van der Waals surface area contributed by atoms with Crippen molar-refractivity contribution in [1.29, 1.82) is 0 Å². The van der Waals surface area contributed by atoms with Crippen molar-refractivity contribution in [3.05, 3.63) is 200 Å². The monoisotopic (exact) mass is 742 g/mol. The Hall–Kier alpha value is -7.82. The van der Waals surface area contributed by atoms with Crippen LogP contribution < -0.4 is 5.32 Å². The van der Waals surface area contributed by atoms with Crippen LogP contribution in [0.5, 0.6) is 0 Å². The Labute approximate surface area is 333 Å². The first-order chi connectivity index (χ1) is 28.7. The van der Waals surface area contributed by atoms with E-state index in [0.29, 0.717) is 0 Å². The number of aromatic nitrogens is 1. The van der Waals surface area contributed by atoms with Gasteiger partial charge in [-0.1, -0.05) is 109 Å². The molecule has 3 heterocycles. The Morgan fingerprint density at radius 3 is 1.62 bits per heavy atom. The fourth-order valence-corrected chi connectivity index (χ4v) is 8.80. The maximum Gasteiger partial charge on any atom is 0.139 e. The van der Waals surface area contributed by atoms with Gasteiger partial charge < -0.3 is 18.7 Å². The number of furan rings is 2. The molecule has 0 aliphatic heterocycles. The summed E-state index contributed by atoms with van der Waals surface area (Å²) >= 11 is 0. The van der Waals surface area contributed by atoms with E-state index >= 15 is 0 Å². The summed E-state index contributed by atoms with van der Waals surface area (Å²) in [5, 5.41) is 10.4. The lowest BCUT2D eigenvalue weighted by molar-refractivity contribution is 0.656. The van der Waals surface area contributed by atoms with E-state index in [0.717, 1.165) is 88.8 Å². The summed E-state index contributed by atoms with van der Waals surface area (Å²) in [6.45, 7) is 0. The minimum atomic E-state index is 0.814. The molecule has 12 rings (SSSR count). The van der Waals surface area contributed by atoms with Crippen molar-refractivity contribution in [3.8, 4) is 39.1 Å². The molecule has 4 heteroatoms. The second-order valence-electron chi connectivity index (χ2n) is 15.0. The predicted octanol–water partition coefficient (Wildman–Crippen LogP) is 15.3. The Morgan fingerprint density at radius 2 is 0.879 bits per heavy atom. The van der Waals surface area contributed by atoms with Gasteiger partial charge in [0.1, 0.15) is 22.3 Å². The van der Waals surface area contributed by atoms with Gasteiger partial charge in [0, 0.05) is 61.0 Å². The van der Waals surface area contributed by atoms with Crippen LogP contribution >= 0.6 is 0 Å². The van der Waals surface area contributed by atoms with Crippen LogP contribution in [0.3, 0.4) is 0 Å². The fraction of sp³-hybridized carbons (Fsp3) is 0. The van der Waals surface area contributed by atoms with Gasteiger partial charge in [-0.05, 0) is 113 Å². The smallest absolute Gasteiger partial charge is 0.139 e. The molecular weight excluding hydrogens is 709 g/mol. The summed E-state index contributed by atoms with van der Waals surface area (Å²) in [5.41, 5.74) is 15.9. The number of hydrogen-bond donors (Lipinski definition) is 1. The predicted molar refractivity (Wildman–Crippen MR) is 241 cm³/mol. The highest BCUT2D eigenvalue weighted by Crippen LogP contribution is 2.41. The normalized spacial score (nSPS) is 11.8. The van der Waals surface area contributed by atoms with Crippen LogP contribution in [0.25, 0.3) is 105 Å². The number of nitrogens with one attached hydrogen (secondary N) is 1. The molecule has 0 bridgehead atoms. The molecule has 0 radical (unpaired) electrons. The average molecular weight is 743 g/mol. The van der Waals surface area contributed by atoms with Crippen molar-refractivity contribution in [3.63, 3.8) is 0 Å². The maximum absolute atomic E-state index is 6.45. The molecule has 0 saturated carbocycles. The van der Waals surface area contributed by atoms with E-state index in [-0.39, 0.29) is 0 Å². The minimum absolute atomic E-state index is 0.814. The van der Waals surface area contributed by atoms with E-state index in [2.05, 4.69) is 186 Å². The Morgan fingerprint density at radius 1 is 0.328 bits per heavy atom. The molecule has 0 atom stereocenters. The highest BCUT2D eigenvalue weighted by molar-refractivity contribution is 6.16. The van der Waals surface area contributed by atoms with Gasteiger partial charge in [-0.2, -0.15) is 0 Å². The molecule has 0 aliphatic rings. The number of anilines is 2. The van der Waals surface area contributed by atoms with Crippen molar-refractivity contribution in [2.45, 2.75) is 0 Å². The summed E-state index contributed by atoms with van der Waals surface area (Å²) in [6, 6.07) is 71.0. The zero-order valence-corrected chi connectivity index (χ0v) is 31.3. The maximum atomic E-state index is 6.45. The quantitative estimate of drug-likeness (QED) is 0.184. The molecule has 0 amide bonds. The van der Waals surface area contributed by atoms with E-state index in [4.69, 9.17) is 8.83 Å². The first-order valence-corrected chi connectivity index (χ1v) is 19.7. The third-order valence-electron chi connectivity index (χ3n) is 11.6. The topological polar surface area (TPSA) is 43.2 Å². The zero-order chi connectivity index (χ0) is 38.2. The molecule has 9 aromatic carbocycles. The molecule has 0 aliphatic carbocycles. The summed E-state index contributed by atoms with van der Waals surface area (Å²) in [5.74, 6) is 0. The lowest BCUT2D eigenvalue weighted by atomic mass is 9.97. The molecule has 58 heavy (non-hydrogen) atoms. The SMILES string of the molecule is c1ccc(Nc2ccccc2-c2cccc(-c3ccc4oc5cc6oc7ccc(-c8ccc9c(c8)c8ccccc8n9-c8ccccc8)cc7c6cc5c4c3)c2)cc1. The van der Waals surface area contributed by atoms with Crippen molar-refractivity contribution < 1.29 is 8.83 Å². The van der Waals surface area contributed by atoms with Crippen LogP contribution in [0.15, 0.2) is 209 Å². The van der Waals surface area contributed by atoms with Crippen LogP contribution in [0.2, 0.25) is 0 Å². The number of para-hydroxylation sites is 4. The second kappa shape index (κ2) is 12.9. The van der Waals surface area contributed by atoms with E-state index < -0.39 is 0 Å². The minimum Gasteiger partial charge on any atom is -0.456 e. The van der Waals surface area contributed by atoms with Crippen LogP contribution in [-0.4, -0.2) is 4.57 Å². The third kappa shape index (κ3) is 5.23.